The average molecular weight is 318 g/mol. The van der Waals surface area contributed by atoms with Crippen LogP contribution in [0.5, 0.6) is 0 Å². The number of para-hydroxylation sites is 2. The van der Waals surface area contributed by atoms with Gasteiger partial charge in [0.15, 0.2) is 0 Å². The first-order chi connectivity index (χ1) is 11.5. The minimum absolute atomic E-state index is 0.00664. The molecule has 0 fully saturated rings. The second-order valence-corrected chi connectivity index (χ2v) is 7.22. The number of amides is 1. The summed E-state index contributed by atoms with van der Waals surface area (Å²) in [7, 11) is 2.15. The first-order valence-electron chi connectivity index (χ1n) is 8.43. The van der Waals surface area contributed by atoms with Crippen molar-refractivity contribution in [1.82, 2.24) is 0 Å². The lowest BCUT2D eigenvalue weighted by Crippen LogP contribution is -2.38. The van der Waals surface area contributed by atoms with E-state index in [1.165, 1.54) is 11.3 Å². The monoisotopic (exact) mass is 318 g/mol. The highest BCUT2D eigenvalue weighted by molar-refractivity contribution is 6.31. The zero-order chi connectivity index (χ0) is 16.9. The summed E-state index contributed by atoms with van der Waals surface area (Å²) < 4.78 is 0. The van der Waals surface area contributed by atoms with Crippen molar-refractivity contribution in [2.45, 2.75) is 31.7 Å². The number of benzene rings is 2. The summed E-state index contributed by atoms with van der Waals surface area (Å²) in [6.07, 6.45) is 2.95. The molecule has 1 atom stereocenters. The van der Waals surface area contributed by atoms with Crippen molar-refractivity contribution in [3.8, 4) is 0 Å². The Morgan fingerprint density at radius 2 is 1.83 bits per heavy atom. The highest BCUT2D eigenvalue weighted by Crippen LogP contribution is 2.45. The van der Waals surface area contributed by atoms with Gasteiger partial charge in [-0.25, -0.2) is 0 Å². The van der Waals surface area contributed by atoms with Crippen molar-refractivity contribution in [2.75, 3.05) is 17.3 Å². The van der Waals surface area contributed by atoms with Crippen molar-refractivity contribution in [2.24, 2.45) is 0 Å². The van der Waals surface area contributed by atoms with Crippen LogP contribution in [-0.4, -0.2) is 19.0 Å². The minimum Gasteiger partial charge on any atom is -0.370 e. The van der Waals surface area contributed by atoms with Crippen LogP contribution in [-0.2, 0) is 10.2 Å². The highest BCUT2D eigenvalue weighted by atomic mass is 16.2. The lowest BCUT2D eigenvalue weighted by atomic mass is 9.79. The molecule has 1 N–H and O–H groups in total. The molecule has 2 aromatic rings. The number of hydrogen-bond donors (Lipinski definition) is 1. The maximum atomic E-state index is 12.3. The fourth-order valence-electron chi connectivity index (χ4n) is 4.18. The third-order valence-electron chi connectivity index (χ3n) is 5.53. The van der Waals surface area contributed by atoms with Gasteiger partial charge in [0.1, 0.15) is 0 Å². The topological polar surface area (TPSA) is 32.3 Å². The van der Waals surface area contributed by atoms with Crippen LogP contribution in [0, 0.1) is 0 Å². The molecule has 122 valence electrons. The molecule has 0 spiro atoms. The van der Waals surface area contributed by atoms with Gasteiger partial charge in [0.05, 0.1) is 0 Å². The molecule has 3 nitrogen and oxygen atoms in total. The van der Waals surface area contributed by atoms with E-state index in [0.717, 1.165) is 23.2 Å². The maximum Gasteiger partial charge on any atom is 0.256 e. The molecule has 2 aliphatic rings. The molecular weight excluding hydrogens is 296 g/mol. The van der Waals surface area contributed by atoms with Crippen LogP contribution in [0.3, 0.4) is 0 Å². The number of carbonyl (C=O) groups is 1. The SMILES string of the molecule is CN1c2ccccc2C(C)(C)C1C/C=C1\C(=O)Nc2ccccc21. The van der Waals surface area contributed by atoms with Crippen molar-refractivity contribution in [1.29, 1.82) is 0 Å². The Morgan fingerprint density at radius 3 is 2.62 bits per heavy atom. The van der Waals surface area contributed by atoms with E-state index in [1.54, 1.807) is 0 Å². The van der Waals surface area contributed by atoms with Crippen LogP contribution in [0.15, 0.2) is 54.6 Å². The lowest BCUT2D eigenvalue weighted by molar-refractivity contribution is -0.110. The summed E-state index contributed by atoms with van der Waals surface area (Å²) in [5, 5.41) is 2.95. The van der Waals surface area contributed by atoms with E-state index in [-0.39, 0.29) is 11.3 Å². The fourth-order valence-corrected chi connectivity index (χ4v) is 4.18. The Balaban J connectivity index is 1.67. The number of likely N-dealkylation sites (N-methyl/N-ethyl adjacent to an activating group) is 1. The van der Waals surface area contributed by atoms with Crippen LogP contribution in [0.2, 0.25) is 0 Å². The van der Waals surface area contributed by atoms with Gasteiger partial charge in [-0.1, -0.05) is 56.3 Å². The Kier molecular flexibility index (Phi) is 3.27. The van der Waals surface area contributed by atoms with E-state index >= 15 is 0 Å². The van der Waals surface area contributed by atoms with Crippen LogP contribution in [0.1, 0.15) is 31.4 Å². The van der Waals surface area contributed by atoms with Gasteiger partial charge in [0.2, 0.25) is 0 Å². The van der Waals surface area contributed by atoms with Gasteiger partial charge in [0, 0.05) is 41.0 Å². The average Bonchev–Trinajstić information content (AvgIpc) is 2.99. The molecule has 0 saturated carbocycles. The van der Waals surface area contributed by atoms with Gasteiger partial charge >= 0.3 is 0 Å². The van der Waals surface area contributed by atoms with Gasteiger partial charge in [-0.15, -0.1) is 0 Å². The first-order valence-corrected chi connectivity index (χ1v) is 8.43. The van der Waals surface area contributed by atoms with Gasteiger partial charge in [-0.2, -0.15) is 0 Å². The van der Waals surface area contributed by atoms with Crippen molar-refractivity contribution < 1.29 is 4.79 Å². The second-order valence-electron chi connectivity index (χ2n) is 7.22. The first kappa shape index (κ1) is 15.0. The Labute approximate surface area is 143 Å². The van der Waals surface area contributed by atoms with Gasteiger partial charge in [-0.05, 0) is 24.1 Å². The fraction of sp³-hybridized carbons (Fsp3) is 0.286. The predicted octanol–water partition coefficient (Wildman–Crippen LogP) is 4.21. The largest absolute Gasteiger partial charge is 0.370 e. The molecule has 4 rings (SSSR count). The van der Waals surface area contributed by atoms with E-state index in [2.05, 4.69) is 61.5 Å². The van der Waals surface area contributed by atoms with Crippen molar-refractivity contribution in [3.63, 3.8) is 0 Å². The van der Waals surface area contributed by atoms with E-state index in [1.807, 2.05) is 24.3 Å². The molecule has 0 aliphatic carbocycles. The highest BCUT2D eigenvalue weighted by Gasteiger charge is 2.42. The molecule has 2 heterocycles. The summed E-state index contributed by atoms with van der Waals surface area (Å²) in [6.45, 7) is 4.59. The molecular formula is C21H22N2O. The molecule has 0 radical (unpaired) electrons. The Hall–Kier alpha value is -2.55. The van der Waals surface area contributed by atoms with Crippen molar-refractivity contribution >= 4 is 22.9 Å². The summed E-state index contributed by atoms with van der Waals surface area (Å²) >= 11 is 0. The summed E-state index contributed by atoms with van der Waals surface area (Å²) in [6, 6.07) is 16.8. The third-order valence-corrected chi connectivity index (χ3v) is 5.53. The Morgan fingerprint density at radius 1 is 1.12 bits per heavy atom. The number of nitrogens with one attached hydrogen (secondary N) is 1. The number of anilines is 2. The molecule has 2 aliphatic heterocycles. The molecule has 0 bridgehead atoms. The van der Waals surface area contributed by atoms with Gasteiger partial charge in [-0.3, -0.25) is 4.79 Å². The Bertz CT molecular complexity index is 850. The number of fused-ring (bicyclic) bond motifs is 2. The number of rotatable bonds is 2. The smallest absolute Gasteiger partial charge is 0.256 e. The molecule has 0 saturated heterocycles. The molecule has 1 amide bonds. The van der Waals surface area contributed by atoms with Crippen LogP contribution < -0.4 is 10.2 Å². The van der Waals surface area contributed by atoms with E-state index in [9.17, 15) is 4.79 Å². The summed E-state index contributed by atoms with van der Waals surface area (Å²) in [5.74, 6) is 0.00664. The number of carbonyl (C=O) groups excluding carboxylic acids is 1. The van der Waals surface area contributed by atoms with Gasteiger partial charge < -0.3 is 10.2 Å². The molecule has 24 heavy (non-hydrogen) atoms. The standard InChI is InChI=1S/C21H22N2O/c1-21(2)16-9-5-7-11-18(16)23(3)19(21)13-12-15-14-8-4-6-10-17(14)22-20(15)24/h4-12,19H,13H2,1-3H3,(H,22,24)/b15-12-. The zero-order valence-corrected chi connectivity index (χ0v) is 14.3. The van der Waals surface area contributed by atoms with Crippen LogP contribution in [0.4, 0.5) is 11.4 Å². The molecule has 2 aromatic carbocycles. The molecule has 3 heteroatoms. The minimum atomic E-state index is 0.00664. The van der Waals surface area contributed by atoms with Crippen LogP contribution >= 0.6 is 0 Å². The van der Waals surface area contributed by atoms with E-state index in [0.29, 0.717) is 6.04 Å². The van der Waals surface area contributed by atoms with E-state index < -0.39 is 0 Å². The lowest BCUT2D eigenvalue weighted by Gasteiger charge is -2.31. The van der Waals surface area contributed by atoms with Crippen LogP contribution in [0.25, 0.3) is 5.57 Å². The zero-order valence-electron chi connectivity index (χ0n) is 14.3. The normalized spacial score (nSPS) is 22.5. The van der Waals surface area contributed by atoms with E-state index in [4.69, 9.17) is 0 Å². The second kappa shape index (κ2) is 5.23. The quantitative estimate of drug-likeness (QED) is 0.841. The maximum absolute atomic E-state index is 12.3. The number of nitrogens with zero attached hydrogens (tertiary/aromatic N) is 1. The van der Waals surface area contributed by atoms with Crippen molar-refractivity contribution in [3.05, 3.63) is 65.7 Å². The van der Waals surface area contributed by atoms with Gasteiger partial charge in [0.25, 0.3) is 5.91 Å². The number of hydrogen-bond acceptors (Lipinski definition) is 2. The molecule has 1 unspecified atom stereocenters. The molecule has 0 aromatic heterocycles. The summed E-state index contributed by atoms with van der Waals surface area (Å²) in [4.78, 5) is 14.7. The summed E-state index contributed by atoms with van der Waals surface area (Å²) in [5.41, 5.74) is 5.45. The third kappa shape index (κ3) is 2.08. The predicted molar refractivity (Wildman–Crippen MR) is 99.3 cm³/mol.